The maximum absolute atomic E-state index is 9.68. The third kappa shape index (κ3) is 20.0. The van der Waals surface area contributed by atoms with Crippen LogP contribution in [0.3, 0.4) is 0 Å². The van der Waals surface area contributed by atoms with E-state index in [1.807, 2.05) is 211 Å². The molecule has 736 valence electrons. The molecule has 0 atom stereocenters. The molecule has 5 aromatic carbocycles. The Hall–Kier alpha value is -15.6. The van der Waals surface area contributed by atoms with Crippen molar-refractivity contribution in [1.82, 2.24) is 129 Å². The average Bonchev–Trinajstić information content (AvgIpc) is 1.30. The fraction of sp³-hybridized carbons (Fsp3) is 0.245. The summed E-state index contributed by atoms with van der Waals surface area (Å²) in [5, 5.41) is 39.8. The van der Waals surface area contributed by atoms with Crippen LogP contribution in [0.15, 0.2) is 214 Å². The van der Waals surface area contributed by atoms with E-state index in [9.17, 15) is 5.11 Å². The molecular formula is C106H101Cl5N34O. The Labute approximate surface area is 864 Å². The number of aromatic nitrogens is 25. The van der Waals surface area contributed by atoms with Crippen molar-refractivity contribution in [2.75, 3.05) is 96.4 Å². The summed E-state index contributed by atoms with van der Waals surface area (Å²) in [6.07, 6.45) is 29.3. The number of nitrogens with two attached hydrogens (primary N) is 5. The summed E-state index contributed by atoms with van der Waals surface area (Å²) < 4.78 is 8.67. The van der Waals surface area contributed by atoms with Crippen LogP contribution >= 0.6 is 58.0 Å². The predicted molar refractivity (Wildman–Crippen MR) is 579 cm³/mol. The van der Waals surface area contributed by atoms with Crippen molar-refractivity contribution < 1.29 is 5.11 Å². The number of nitrogens with zero attached hydrogens (tertiary/aromatic N) is 29. The fourth-order valence-electron chi connectivity index (χ4n) is 19.2. The van der Waals surface area contributed by atoms with Crippen LogP contribution in [0.5, 0.6) is 0 Å². The standard InChI is InChI=1S/C23H23ClN6.C22H21ClN6.C21H21ClN8.C20H18ClN7O.C20H18ClN7/c1-30-11-9-18(29-30)22-20(16-12-15-8-5-10-26-19(15)17(24)13-16)27-21(23(25)28-22)14-6-3-2-4-7-14;1-29-10-8-17(28-29)21-19(26-20(22(24)27-21)13-5-2-3-6-13)15-11-14-7-4-9-25-18(14)16(23)12-15;1-28-8-9-30(12-28)21-20(23)25-19(16-5-7-29(2)27-16)18(26-21)14-10-13-4-3-6-24-17(13)15(22)11-14;1-27-6-4-15(26-27)18-17(25-20(19(22)24-18)28-9-13(29)10-28)12-7-11-3-2-5-23-16(11)14(21)8-12;1-27-9-5-15(26-27)18-17(25-20(19(22)24-18)28-7-3-8-28)13-10-12-4-2-6-23-16(12)14(21)11-13/h5,8-14H,2-4,6-7H2,1H3,(H2,25,28);4,7-13H,2-3,5-6H2,1H3,(H2,24,27);3-7,10-11H,8-9,12H2,1-2H3,(H2,23,25);2-8,13,29H,9-10H2,1H3,(H2,22,24);2,4-6,9-11H,3,7-8H2,1H3,(H2,22,24). The minimum absolute atomic E-state index is 0.301. The molecule has 146 heavy (non-hydrogen) atoms. The van der Waals surface area contributed by atoms with Crippen LogP contribution in [-0.2, 0) is 35.2 Å². The van der Waals surface area contributed by atoms with Gasteiger partial charge in [0.1, 0.15) is 85.7 Å². The first-order valence-corrected chi connectivity index (χ1v) is 49.9. The highest BCUT2D eigenvalue weighted by Gasteiger charge is 2.34. The minimum Gasteiger partial charge on any atom is -0.389 e. The number of aliphatic hydroxyl groups is 1. The van der Waals surface area contributed by atoms with E-state index in [-0.39, 0.29) is 6.10 Å². The van der Waals surface area contributed by atoms with Crippen molar-refractivity contribution in [2.45, 2.75) is 82.1 Å². The molecule has 0 spiro atoms. The molecule has 2 saturated carbocycles. The van der Waals surface area contributed by atoms with E-state index in [2.05, 4.69) is 94.3 Å². The summed E-state index contributed by atoms with van der Waals surface area (Å²) in [7, 11) is 11.4. The second kappa shape index (κ2) is 41.2. The van der Waals surface area contributed by atoms with Gasteiger partial charge in [0.05, 0.1) is 88.2 Å². The minimum atomic E-state index is -0.378. The van der Waals surface area contributed by atoms with Gasteiger partial charge in [-0.25, -0.2) is 49.8 Å². The molecule has 2 aliphatic carbocycles. The number of aryl methyl sites for hydroxylation is 5. The number of anilines is 8. The SMILES string of the molecule is CN1CCN(c2nc(-c3cc(Cl)c4ncccc4c3)c(-c3ccn(C)n3)nc2N)C1.Cn1ccc(-c2nc(N)c(C3CCCC3)nc2-c2cc(Cl)c3ncccc3c2)n1.Cn1ccc(-c2nc(N)c(C3CCCCC3)nc2-c2cc(Cl)c3ncccc3c2)n1.Cn1ccc(-c2nc(N)c(N3CC(O)C3)nc2-c2cc(Cl)c3ncccc3c2)n1.Cn1ccc(-c2nc(N)c(N3CCC3)nc2-c2cc(Cl)c3ncccc3c2)n1. The largest absolute Gasteiger partial charge is 0.389 e. The first-order valence-electron chi connectivity index (χ1n) is 48.0. The zero-order chi connectivity index (χ0) is 101. The van der Waals surface area contributed by atoms with Crippen molar-refractivity contribution in [3.05, 3.63) is 250 Å². The summed E-state index contributed by atoms with van der Waals surface area (Å²) in [4.78, 5) is 78.7. The molecule has 3 saturated heterocycles. The molecule has 5 fully saturated rings. The van der Waals surface area contributed by atoms with Crippen LogP contribution < -0.4 is 43.4 Å². The third-order valence-corrected chi connectivity index (χ3v) is 28.0. The quantitative estimate of drug-likeness (QED) is 0.0555. The van der Waals surface area contributed by atoms with Crippen molar-refractivity contribution in [3.63, 3.8) is 0 Å². The van der Waals surface area contributed by atoms with Gasteiger partial charge in [-0.05, 0) is 160 Å². The molecule has 18 heterocycles. The van der Waals surface area contributed by atoms with Crippen LogP contribution in [0, 0.1) is 0 Å². The van der Waals surface area contributed by atoms with Crippen molar-refractivity contribution >= 4 is 159 Å². The highest BCUT2D eigenvalue weighted by molar-refractivity contribution is 6.37. The Morgan fingerprint density at radius 2 is 0.548 bits per heavy atom. The van der Waals surface area contributed by atoms with E-state index in [1.165, 1.54) is 32.1 Å². The number of halogens is 5. The second-order valence-corrected chi connectivity index (χ2v) is 39.0. The molecule has 11 N–H and O–H groups in total. The van der Waals surface area contributed by atoms with Crippen LogP contribution in [0.2, 0.25) is 25.1 Å². The highest BCUT2D eigenvalue weighted by atomic mass is 35.5. The van der Waals surface area contributed by atoms with Gasteiger partial charge < -0.3 is 48.5 Å². The number of aliphatic hydroxyl groups excluding tert-OH is 1. The molecule has 0 amide bonds. The van der Waals surface area contributed by atoms with Gasteiger partial charge in [-0.3, -0.25) is 53.2 Å². The molecule has 40 heteroatoms. The second-order valence-electron chi connectivity index (χ2n) is 37.0. The Bertz CT molecular complexity index is 8170. The van der Waals surface area contributed by atoms with E-state index in [1.54, 1.807) is 54.4 Å². The highest BCUT2D eigenvalue weighted by Crippen LogP contribution is 2.47. The van der Waals surface area contributed by atoms with Gasteiger partial charge in [-0.1, -0.05) is 120 Å². The topological polar surface area (TPSA) is 446 Å². The number of β-amino-alcohol motifs (C(OH)–C–C–N with tert-alkyl or cyclic N) is 1. The van der Waals surface area contributed by atoms with Gasteiger partial charge in [-0.15, -0.1) is 0 Å². The van der Waals surface area contributed by atoms with Gasteiger partial charge in [0.2, 0.25) is 0 Å². The van der Waals surface area contributed by atoms with Crippen molar-refractivity contribution in [2.24, 2.45) is 35.2 Å². The number of nitrogen functional groups attached to an aromatic ring is 5. The fourth-order valence-corrected chi connectivity index (χ4v) is 20.6. The van der Waals surface area contributed by atoms with Gasteiger partial charge in [0, 0.05) is 203 Å². The zero-order valence-electron chi connectivity index (χ0n) is 80.7. The first-order chi connectivity index (χ1) is 70.8. The molecule has 0 unspecified atom stereocenters. The number of hydrogen-bond acceptors (Lipinski definition) is 30. The molecule has 3 aliphatic heterocycles. The Balaban J connectivity index is 0.000000107. The molecule has 25 rings (SSSR count). The third-order valence-electron chi connectivity index (χ3n) is 26.6. The van der Waals surface area contributed by atoms with Gasteiger partial charge in [0.15, 0.2) is 34.9 Å². The zero-order valence-corrected chi connectivity index (χ0v) is 84.4. The van der Waals surface area contributed by atoms with Crippen molar-refractivity contribution in [1.29, 1.82) is 0 Å². The van der Waals surface area contributed by atoms with E-state index >= 15 is 0 Å². The van der Waals surface area contributed by atoms with Gasteiger partial charge >= 0.3 is 0 Å². The van der Waals surface area contributed by atoms with Crippen molar-refractivity contribution in [3.8, 4) is 113 Å². The number of benzene rings is 5. The lowest BCUT2D eigenvalue weighted by molar-refractivity contribution is 0.141. The van der Waals surface area contributed by atoms with Crippen LogP contribution in [0.4, 0.5) is 46.5 Å². The molecule has 20 aromatic rings. The lowest BCUT2D eigenvalue weighted by atomic mass is 9.86. The molecular weight excluding hydrogens is 1940 g/mol. The summed E-state index contributed by atoms with van der Waals surface area (Å²) in [6.45, 7) is 5.37. The number of likely N-dealkylation sites (N-methyl/N-ethyl adjacent to an activating group) is 1. The van der Waals surface area contributed by atoms with Gasteiger partial charge in [-0.2, -0.15) is 25.5 Å². The van der Waals surface area contributed by atoms with Crippen LogP contribution in [0.25, 0.3) is 168 Å². The number of hydrogen-bond donors (Lipinski definition) is 6. The van der Waals surface area contributed by atoms with Crippen LogP contribution in [0.1, 0.15) is 87.4 Å². The summed E-state index contributed by atoms with van der Waals surface area (Å²) in [5.74, 6) is 4.75. The number of rotatable bonds is 15. The normalized spacial score (nSPS) is 14.5. The molecule has 0 radical (unpaired) electrons. The van der Waals surface area contributed by atoms with Crippen LogP contribution in [-0.4, -0.2) is 193 Å². The number of fused-ring (bicyclic) bond motifs is 5. The molecule has 15 aromatic heterocycles. The lowest BCUT2D eigenvalue weighted by Gasteiger charge is -2.37. The maximum Gasteiger partial charge on any atom is 0.173 e. The Morgan fingerprint density at radius 1 is 0.281 bits per heavy atom. The summed E-state index contributed by atoms with van der Waals surface area (Å²) in [6, 6.07) is 48.5. The molecule has 5 aliphatic rings. The average molecular weight is 2040 g/mol. The molecule has 0 bridgehead atoms. The first kappa shape index (κ1) is 96.5. The van der Waals surface area contributed by atoms with Gasteiger partial charge in [0.25, 0.3) is 0 Å². The van der Waals surface area contributed by atoms with E-state index in [0.717, 1.165) is 181 Å². The number of pyridine rings is 5. The monoisotopic (exact) mass is 2040 g/mol. The maximum atomic E-state index is 9.68. The van der Waals surface area contributed by atoms with E-state index < -0.39 is 0 Å². The predicted octanol–water partition coefficient (Wildman–Crippen LogP) is 19.4. The summed E-state index contributed by atoms with van der Waals surface area (Å²) in [5.41, 5.74) is 51.8. The van der Waals surface area contributed by atoms with E-state index in [0.29, 0.717) is 159 Å². The summed E-state index contributed by atoms with van der Waals surface area (Å²) >= 11 is 32.7. The Kier molecular flexibility index (Phi) is 27.3. The van der Waals surface area contributed by atoms with E-state index in [4.69, 9.17) is 127 Å². The molecule has 35 nitrogen and oxygen atoms in total. The lowest BCUT2D eigenvalue weighted by Crippen LogP contribution is -2.51. The Morgan fingerprint density at radius 3 is 0.801 bits per heavy atom. The smallest absolute Gasteiger partial charge is 0.173 e.